The molecule has 3 rings (SSSR count). The molecular weight excluding hydrogens is 364 g/mol. The molecule has 2 fully saturated rings. The highest BCUT2D eigenvalue weighted by atomic mass is 32.2. The lowest BCUT2D eigenvalue weighted by Gasteiger charge is -2.23. The molecule has 0 atom stereocenters. The van der Waals surface area contributed by atoms with Crippen molar-refractivity contribution in [3.63, 3.8) is 0 Å². The van der Waals surface area contributed by atoms with Crippen molar-refractivity contribution in [1.82, 2.24) is 10.6 Å². The van der Waals surface area contributed by atoms with Crippen LogP contribution < -0.4 is 10.6 Å². The number of hydrogen-bond acceptors (Lipinski definition) is 4. The van der Waals surface area contributed by atoms with Gasteiger partial charge in [-0.05, 0) is 69.0 Å². The van der Waals surface area contributed by atoms with Crippen LogP contribution in [0.3, 0.4) is 0 Å². The SMILES string of the molecule is O=C(NC1CCCCC1)c1ccc(SCC2CCNCC2)cc1.O=C(O)O. The van der Waals surface area contributed by atoms with E-state index in [4.69, 9.17) is 15.0 Å². The Morgan fingerprint density at radius 2 is 1.59 bits per heavy atom. The van der Waals surface area contributed by atoms with Crippen molar-refractivity contribution in [2.24, 2.45) is 5.92 Å². The van der Waals surface area contributed by atoms with Crippen LogP contribution in [0, 0.1) is 5.92 Å². The monoisotopic (exact) mass is 394 g/mol. The molecule has 1 heterocycles. The van der Waals surface area contributed by atoms with Gasteiger partial charge in [-0.3, -0.25) is 4.79 Å². The molecule has 1 amide bonds. The van der Waals surface area contributed by atoms with Gasteiger partial charge in [-0.15, -0.1) is 11.8 Å². The van der Waals surface area contributed by atoms with E-state index in [1.165, 1.54) is 42.8 Å². The third-order valence-electron chi connectivity index (χ3n) is 5.00. The van der Waals surface area contributed by atoms with E-state index in [1.807, 2.05) is 23.9 Å². The number of rotatable bonds is 5. The molecule has 1 saturated carbocycles. The fraction of sp³-hybridized carbons (Fsp3) is 0.600. The van der Waals surface area contributed by atoms with Gasteiger partial charge >= 0.3 is 6.16 Å². The van der Waals surface area contributed by atoms with Crippen molar-refractivity contribution in [3.05, 3.63) is 29.8 Å². The predicted molar refractivity (Wildman–Crippen MR) is 108 cm³/mol. The van der Waals surface area contributed by atoms with Gasteiger partial charge in [0.15, 0.2) is 0 Å². The van der Waals surface area contributed by atoms with Crippen molar-refractivity contribution in [3.8, 4) is 0 Å². The third kappa shape index (κ3) is 8.67. The van der Waals surface area contributed by atoms with Crippen molar-refractivity contribution in [1.29, 1.82) is 0 Å². The first-order valence-corrected chi connectivity index (χ1v) is 10.7. The first-order valence-electron chi connectivity index (χ1n) is 9.71. The van der Waals surface area contributed by atoms with Crippen LogP contribution in [-0.2, 0) is 0 Å². The standard InChI is InChI=1S/C19H28N2OS.CH2O3/c22-19(21-17-4-2-1-3-5-17)16-6-8-18(9-7-16)23-14-15-10-12-20-13-11-15;2-1(3)4/h6-9,15,17,20H,1-5,10-14H2,(H,21,22);(H2,2,3,4). The largest absolute Gasteiger partial charge is 0.503 e. The Labute approximate surface area is 165 Å². The van der Waals surface area contributed by atoms with Gasteiger partial charge < -0.3 is 20.8 Å². The fourth-order valence-corrected chi connectivity index (χ4v) is 4.57. The van der Waals surface area contributed by atoms with Gasteiger partial charge in [0.1, 0.15) is 0 Å². The van der Waals surface area contributed by atoms with Gasteiger partial charge in [0, 0.05) is 22.3 Å². The number of amides is 1. The summed E-state index contributed by atoms with van der Waals surface area (Å²) in [6, 6.07) is 8.53. The first-order chi connectivity index (χ1) is 13.0. The zero-order valence-electron chi connectivity index (χ0n) is 15.7. The van der Waals surface area contributed by atoms with Gasteiger partial charge in [0.2, 0.25) is 0 Å². The van der Waals surface area contributed by atoms with E-state index in [0.29, 0.717) is 6.04 Å². The van der Waals surface area contributed by atoms with Gasteiger partial charge in [-0.2, -0.15) is 0 Å². The quantitative estimate of drug-likeness (QED) is 0.562. The Bertz CT molecular complexity index is 578. The normalized spacial score (nSPS) is 18.2. The first kappa shape index (κ1) is 21.6. The molecule has 2 aliphatic rings. The maximum Gasteiger partial charge on any atom is 0.503 e. The minimum absolute atomic E-state index is 0.0896. The Kier molecular flexibility index (Phi) is 9.48. The van der Waals surface area contributed by atoms with E-state index >= 15 is 0 Å². The van der Waals surface area contributed by atoms with Gasteiger partial charge in [0.05, 0.1) is 0 Å². The highest BCUT2D eigenvalue weighted by molar-refractivity contribution is 7.99. The predicted octanol–water partition coefficient (Wildman–Crippen LogP) is 4.06. The lowest BCUT2D eigenvalue weighted by molar-refractivity contribution is 0.0927. The zero-order valence-corrected chi connectivity index (χ0v) is 16.5. The lowest BCUT2D eigenvalue weighted by Crippen LogP contribution is -2.36. The van der Waals surface area contributed by atoms with Crippen LogP contribution in [0.5, 0.6) is 0 Å². The summed E-state index contributed by atoms with van der Waals surface area (Å²) >= 11 is 1.92. The number of benzene rings is 1. The number of carbonyl (C=O) groups excluding carboxylic acids is 1. The Morgan fingerprint density at radius 3 is 2.19 bits per heavy atom. The molecule has 1 aliphatic heterocycles. The van der Waals surface area contributed by atoms with Crippen LogP contribution in [0.1, 0.15) is 55.3 Å². The molecule has 1 aromatic rings. The van der Waals surface area contributed by atoms with Gasteiger partial charge in [-0.1, -0.05) is 19.3 Å². The number of thioether (sulfide) groups is 1. The Hall–Kier alpha value is -1.73. The molecular formula is C20H30N2O4S. The van der Waals surface area contributed by atoms with Crippen molar-refractivity contribution in [2.75, 3.05) is 18.8 Å². The summed E-state index contributed by atoms with van der Waals surface area (Å²) in [5, 5.41) is 20.5. The fourth-order valence-electron chi connectivity index (χ4n) is 3.48. The van der Waals surface area contributed by atoms with Gasteiger partial charge in [0.25, 0.3) is 5.91 Å². The molecule has 0 bridgehead atoms. The van der Waals surface area contributed by atoms with Crippen LogP contribution in [0.4, 0.5) is 4.79 Å². The second-order valence-corrected chi connectivity index (χ2v) is 8.21. The molecule has 0 radical (unpaired) electrons. The topological polar surface area (TPSA) is 98.7 Å². The summed E-state index contributed by atoms with van der Waals surface area (Å²) in [6.45, 7) is 2.32. The Balaban J connectivity index is 0.000000596. The number of carbonyl (C=O) groups is 2. The van der Waals surface area contributed by atoms with Crippen LogP contribution in [0.25, 0.3) is 0 Å². The number of piperidine rings is 1. The molecule has 1 aromatic carbocycles. The second kappa shape index (κ2) is 11.9. The van der Waals surface area contributed by atoms with Crippen LogP contribution >= 0.6 is 11.8 Å². The van der Waals surface area contributed by atoms with E-state index in [1.54, 1.807) is 0 Å². The Morgan fingerprint density at radius 1 is 1.00 bits per heavy atom. The van der Waals surface area contributed by atoms with Crippen molar-refractivity contribution >= 4 is 23.8 Å². The minimum Gasteiger partial charge on any atom is -0.450 e. The van der Waals surface area contributed by atoms with Crippen LogP contribution in [0.2, 0.25) is 0 Å². The smallest absolute Gasteiger partial charge is 0.450 e. The maximum absolute atomic E-state index is 12.3. The second-order valence-electron chi connectivity index (χ2n) is 7.12. The van der Waals surface area contributed by atoms with E-state index in [9.17, 15) is 4.79 Å². The van der Waals surface area contributed by atoms with E-state index in [-0.39, 0.29) is 5.91 Å². The summed E-state index contributed by atoms with van der Waals surface area (Å²) in [7, 11) is 0. The lowest BCUT2D eigenvalue weighted by atomic mass is 9.95. The number of carboxylic acid groups (broad SMARTS) is 2. The van der Waals surface area contributed by atoms with Crippen molar-refractivity contribution < 1.29 is 19.8 Å². The average Bonchev–Trinajstić information content (AvgIpc) is 2.68. The molecule has 4 N–H and O–H groups in total. The van der Waals surface area contributed by atoms with E-state index in [0.717, 1.165) is 37.4 Å². The molecule has 1 saturated heterocycles. The molecule has 0 aromatic heterocycles. The van der Waals surface area contributed by atoms with Gasteiger partial charge in [-0.25, -0.2) is 4.79 Å². The number of nitrogens with one attached hydrogen (secondary N) is 2. The summed E-state index contributed by atoms with van der Waals surface area (Å²) in [5.74, 6) is 2.11. The van der Waals surface area contributed by atoms with Crippen LogP contribution in [0.15, 0.2) is 29.2 Å². The molecule has 27 heavy (non-hydrogen) atoms. The summed E-state index contributed by atoms with van der Waals surface area (Å²) in [6.07, 6.45) is 6.82. The van der Waals surface area contributed by atoms with Crippen LogP contribution in [-0.4, -0.2) is 47.2 Å². The summed E-state index contributed by atoms with van der Waals surface area (Å²) in [5.41, 5.74) is 0.793. The molecule has 0 spiro atoms. The summed E-state index contributed by atoms with van der Waals surface area (Å²) < 4.78 is 0. The highest BCUT2D eigenvalue weighted by Crippen LogP contribution is 2.25. The average molecular weight is 395 g/mol. The van der Waals surface area contributed by atoms with Crippen molar-refractivity contribution in [2.45, 2.75) is 55.9 Å². The van der Waals surface area contributed by atoms with E-state index in [2.05, 4.69) is 22.8 Å². The molecule has 1 aliphatic carbocycles. The summed E-state index contributed by atoms with van der Waals surface area (Å²) in [4.78, 5) is 22.1. The maximum atomic E-state index is 12.3. The third-order valence-corrected chi connectivity index (χ3v) is 6.24. The molecule has 0 unspecified atom stereocenters. The zero-order chi connectivity index (χ0) is 19.5. The molecule has 150 valence electrons. The molecule has 7 heteroatoms. The number of hydrogen-bond donors (Lipinski definition) is 4. The minimum atomic E-state index is -1.83. The highest BCUT2D eigenvalue weighted by Gasteiger charge is 2.17. The molecule has 6 nitrogen and oxygen atoms in total. The van der Waals surface area contributed by atoms with E-state index < -0.39 is 6.16 Å².